The minimum atomic E-state index is -2.92. The molecule has 5 rings (SSSR count). The second kappa shape index (κ2) is 11.1. The highest BCUT2D eigenvalue weighted by Crippen LogP contribution is 2.48. The number of amides is 2. The van der Waals surface area contributed by atoms with E-state index in [2.05, 4.69) is 10.3 Å². The molecular formula is C29H27ClF3N3O4. The van der Waals surface area contributed by atoms with Crippen molar-refractivity contribution < 1.29 is 32.6 Å². The topological polar surface area (TPSA) is 91.8 Å². The lowest BCUT2D eigenvalue weighted by molar-refractivity contribution is -0.132. The number of hydrogen-bond donors (Lipinski definition) is 2. The van der Waals surface area contributed by atoms with E-state index >= 15 is 4.39 Å². The maximum atomic E-state index is 15.1. The fourth-order valence-electron chi connectivity index (χ4n) is 5.70. The van der Waals surface area contributed by atoms with Gasteiger partial charge in [0.25, 0.3) is 18.2 Å². The van der Waals surface area contributed by atoms with Crippen molar-refractivity contribution in [2.24, 2.45) is 5.92 Å². The molecule has 0 bridgehead atoms. The smallest absolute Gasteiger partial charge is 0.281 e. The minimum Gasteiger partial charge on any atom is -0.496 e. The number of alkyl halides is 2. The number of carbonyl (C=O) groups is 2. The summed E-state index contributed by atoms with van der Waals surface area (Å²) in [6.45, 7) is 0.281. The van der Waals surface area contributed by atoms with Gasteiger partial charge in [0.1, 0.15) is 17.3 Å². The molecule has 0 saturated heterocycles. The molecule has 1 saturated carbocycles. The summed E-state index contributed by atoms with van der Waals surface area (Å²) in [5, 5.41) is 14.7. The van der Waals surface area contributed by atoms with Gasteiger partial charge >= 0.3 is 0 Å². The Morgan fingerprint density at radius 2 is 1.93 bits per heavy atom. The number of ether oxygens (including phenoxy) is 1. The average Bonchev–Trinajstić information content (AvgIpc) is 3.15. The van der Waals surface area contributed by atoms with E-state index in [1.165, 1.54) is 36.3 Å². The SMILES string of the molecule is COc1cccc(F)c1C1(O)C(=O)N(CC2CCC(NC(=O)c3cc(Cl)cnc3C(F)F)CC2)c2ccccc21. The van der Waals surface area contributed by atoms with Crippen LogP contribution in [0.3, 0.4) is 0 Å². The van der Waals surface area contributed by atoms with E-state index in [0.717, 1.165) is 6.20 Å². The fraction of sp³-hybridized carbons (Fsp3) is 0.345. The third-order valence-electron chi connectivity index (χ3n) is 7.66. The van der Waals surface area contributed by atoms with Crippen LogP contribution >= 0.6 is 11.6 Å². The van der Waals surface area contributed by atoms with Crippen LogP contribution in [-0.2, 0) is 10.4 Å². The van der Waals surface area contributed by atoms with Gasteiger partial charge in [-0.05, 0) is 55.9 Å². The molecule has 2 N–H and O–H groups in total. The Morgan fingerprint density at radius 3 is 2.62 bits per heavy atom. The molecule has 2 amide bonds. The number of aromatic nitrogens is 1. The number of methoxy groups -OCH3 is 1. The first-order valence-electron chi connectivity index (χ1n) is 12.9. The molecule has 2 aliphatic rings. The highest BCUT2D eigenvalue weighted by Gasteiger charge is 2.54. The summed E-state index contributed by atoms with van der Waals surface area (Å²) in [5.41, 5.74) is -2.61. The summed E-state index contributed by atoms with van der Waals surface area (Å²) < 4.78 is 47.0. The standard InChI is InChI=1S/C29H27ClF3N3O4/c1-40-23-8-4-6-21(31)24(23)29(39)20-5-2-3-7-22(20)36(28(29)38)15-16-9-11-18(12-10-16)35-27(37)19-13-17(30)14-34-25(19)26(32)33/h2-8,13-14,16,18,26,39H,9-12,15H2,1H3,(H,35,37). The molecule has 2 heterocycles. The van der Waals surface area contributed by atoms with Crippen LogP contribution in [0, 0.1) is 11.7 Å². The Balaban J connectivity index is 1.30. The van der Waals surface area contributed by atoms with E-state index in [1.807, 2.05) is 0 Å². The van der Waals surface area contributed by atoms with Crippen molar-refractivity contribution in [2.75, 3.05) is 18.6 Å². The van der Waals surface area contributed by atoms with Gasteiger partial charge in [-0.15, -0.1) is 0 Å². The maximum absolute atomic E-state index is 15.1. The third kappa shape index (κ3) is 4.90. The molecule has 0 radical (unpaired) electrons. The number of benzene rings is 2. The number of para-hydroxylation sites is 1. The normalized spacial score (nSPS) is 22.4. The van der Waals surface area contributed by atoms with Gasteiger partial charge in [-0.3, -0.25) is 14.6 Å². The zero-order chi connectivity index (χ0) is 28.6. The Labute approximate surface area is 233 Å². The number of hydrogen-bond acceptors (Lipinski definition) is 5. The molecule has 2 aromatic carbocycles. The van der Waals surface area contributed by atoms with Crippen LogP contribution in [0.5, 0.6) is 5.75 Å². The predicted molar refractivity (Wildman–Crippen MR) is 142 cm³/mol. The predicted octanol–water partition coefficient (Wildman–Crippen LogP) is 5.39. The molecule has 1 aliphatic carbocycles. The first kappa shape index (κ1) is 27.9. The van der Waals surface area contributed by atoms with Crippen molar-refractivity contribution in [3.8, 4) is 5.75 Å². The van der Waals surface area contributed by atoms with Gasteiger partial charge in [-0.1, -0.05) is 35.9 Å². The second-order valence-corrected chi connectivity index (χ2v) is 10.5. The summed E-state index contributed by atoms with van der Waals surface area (Å²) in [4.78, 5) is 31.6. The molecule has 0 spiro atoms. The van der Waals surface area contributed by atoms with Crippen LogP contribution < -0.4 is 15.0 Å². The van der Waals surface area contributed by atoms with E-state index in [4.69, 9.17) is 16.3 Å². The van der Waals surface area contributed by atoms with E-state index in [0.29, 0.717) is 31.4 Å². The summed E-state index contributed by atoms with van der Waals surface area (Å²) in [6.07, 6.45) is 0.540. The van der Waals surface area contributed by atoms with Crippen molar-refractivity contribution >= 4 is 29.1 Å². The lowest BCUT2D eigenvalue weighted by atomic mass is 9.85. The summed E-state index contributed by atoms with van der Waals surface area (Å²) >= 11 is 5.88. The Kier molecular flexibility index (Phi) is 7.74. The van der Waals surface area contributed by atoms with Crippen LogP contribution in [0.15, 0.2) is 54.7 Å². The molecule has 210 valence electrons. The number of halogens is 4. The number of nitrogens with zero attached hydrogens (tertiary/aromatic N) is 2. The number of rotatable bonds is 7. The summed E-state index contributed by atoms with van der Waals surface area (Å²) in [5.74, 6) is -2.00. The van der Waals surface area contributed by atoms with E-state index in [1.54, 1.807) is 24.3 Å². The molecule has 11 heteroatoms. The number of anilines is 1. The molecule has 40 heavy (non-hydrogen) atoms. The Hall–Kier alpha value is -3.63. The Bertz CT molecular complexity index is 1450. The summed E-state index contributed by atoms with van der Waals surface area (Å²) in [6, 6.07) is 11.8. The van der Waals surface area contributed by atoms with Gasteiger partial charge in [-0.2, -0.15) is 0 Å². The highest BCUT2D eigenvalue weighted by molar-refractivity contribution is 6.30. The maximum Gasteiger partial charge on any atom is 0.281 e. The first-order chi connectivity index (χ1) is 19.1. The monoisotopic (exact) mass is 573 g/mol. The van der Waals surface area contributed by atoms with E-state index < -0.39 is 35.4 Å². The third-order valence-corrected chi connectivity index (χ3v) is 7.86. The molecule has 1 fully saturated rings. The largest absolute Gasteiger partial charge is 0.496 e. The van der Waals surface area contributed by atoms with Gasteiger partial charge in [0.15, 0.2) is 0 Å². The van der Waals surface area contributed by atoms with E-state index in [9.17, 15) is 23.5 Å². The number of nitrogens with one attached hydrogen (secondary N) is 1. The molecule has 1 unspecified atom stereocenters. The Morgan fingerprint density at radius 1 is 1.20 bits per heavy atom. The van der Waals surface area contributed by atoms with Gasteiger partial charge in [0.2, 0.25) is 5.60 Å². The van der Waals surface area contributed by atoms with Crippen LogP contribution in [0.4, 0.5) is 18.9 Å². The molecular weight excluding hydrogens is 547 g/mol. The lowest BCUT2D eigenvalue weighted by Crippen LogP contribution is -2.45. The fourth-order valence-corrected chi connectivity index (χ4v) is 5.86. The van der Waals surface area contributed by atoms with Crippen molar-refractivity contribution in [3.63, 3.8) is 0 Å². The number of pyridine rings is 1. The molecule has 1 aliphatic heterocycles. The lowest BCUT2D eigenvalue weighted by Gasteiger charge is -2.32. The minimum absolute atomic E-state index is 0.0273. The summed E-state index contributed by atoms with van der Waals surface area (Å²) in [7, 11) is 1.35. The second-order valence-electron chi connectivity index (χ2n) is 10.0. The number of fused-ring (bicyclic) bond motifs is 1. The first-order valence-corrected chi connectivity index (χ1v) is 13.2. The quantitative estimate of drug-likeness (QED) is 0.395. The van der Waals surface area contributed by atoms with Crippen LogP contribution in [-0.4, -0.2) is 41.6 Å². The van der Waals surface area contributed by atoms with Crippen LogP contribution in [0.25, 0.3) is 0 Å². The van der Waals surface area contributed by atoms with Crippen LogP contribution in [0.1, 0.15) is 59.3 Å². The van der Waals surface area contributed by atoms with Crippen molar-refractivity contribution in [1.29, 1.82) is 0 Å². The van der Waals surface area contributed by atoms with Gasteiger partial charge in [0, 0.05) is 24.3 Å². The van der Waals surface area contributed by atoms with Gasteiger partial charge in [0.05, 0.1) is 28.9 Å². The number of aliphatic hydroxyl groups is 1. The van der Waals surface area contributed by atoms with Crippen molar-refractivity contribution in [1.82, 2.24) is 10.3 Å². The van der Waals surface area contributed by atoms with Gasteiger partial charge in [-0.25, -0.2) is 13.2 Å². The molecule has 1 atom stereocenters. The van der Waals surface area contributed by atoms with E-state index in [-0.39, 0.29) is 46.0 Å². The van der Waals surface area contributed by atoms with Crippen molar-refractivity contribution in [3.05, 3.63) is 88.0 Å². The zero-order valence-electron chi connectivity index (χ0n) is 21.5. The van der Waals surface area contributed by atoms with Crippen molar-refractivity contribution in [2.45, 2.75) is 43.8 Å². The molecule has 3 aromatic rings. The zero-order valence-corrected chi connectivity index (χ0v) is 22.3. The molecule has 7 nitrogen and oxygen atoms in total. The van der Waals surface area contributed by atoms with Crippen LogP contribution in [0.2, 0.25) is 5.02 Å². The highest BCUT2D eigenvalue weighted by atomic mass is 35.5. The molecule has 1 aromatic heterocycles. The van der Waals surface area contributed by atoms with Gasteiger partial charge < -0.3 is 20.1 Å². The number of carbonyl (C=O) groups excluding carboxylic acids is 2. The average molecular weight is 574 g/mol.